The minimum atomic E-state index is -0.445. The summed E-state index contributed by atoms with van der Waals surface area (Å²) >= 11 is 0. The standard InChI is InChI=1S/C26H38O4/c1-24-14-11-22-20(21(24)8-9-23(24)28)7-6-18-16-19(27)10-15-25(18,22)17-30-26(29-2)12-4-3-5-13-26/h16,20-22H,3-15,17H2,1-2H3/t20-,21-,22+,24-,25+/m0/s1. The van der Waals surface area contributed by atoms with Crippen LogP contribution in [0.3, 0.4) is 0 Å². The predicted octanol–water partition coefficient (Wildman–Crippen LogP) is 5.39. The number of Topliss-reactive ketones (excluding diaryl/α,β-unsaturated/α-hetero) is 1. The first kappa shape index (κ1) is 20.9. The Morgan fingerprint density at radius 1 is 0.933 bits per heavy atom. The van der Waals surface area contributed by atoms with Crippen LogP contribution in [0.25, 0.3) is 0 Å². The van der Waals surface area contributed by atoms with E-state index in [0.717, 1.165) is 70.6 Å². The van der Waals surface area contributed by atoms with Crippen molar-refractivity contribution in [2.45, 2.75) is 96.2 Å². The van der Waals surface area contributed by atoms with E-state index in [2.05, 4.69) is 6.92 Å². The van der Waals surface area contributed by atoms with E-state index < -0.39 is 5.79 Å². The molecule has 166 valence electrons. The molecule has 5 aliphatic carbocycles. The lowest BCUT2D eigenvalue weighted by atomic mass is 9.47. The van der Waals surface area contributed by atoms with Gasteiger partial charge in [0.15, 0.2) is 11.6 Å². The summed E-state index contributed by atoms with van der Waals surface area (Å²) in [5.74, 6) is 1.98. The van der Waals surface area contributed by atoms with Crippen LogP contribution in [0, 0.1) is 28.6 Å². The number of ether oxygens (including phenoxy) is 2. The van der Waals surface area contributed by atoms with Gasteiger partial charge in [0.25, 0.3) is 0 Å². The normalized spacial score (nSPS) is 42.9. The van der Waals surface area contributed by atoms with Crippen LogP contribution in [0.2, 0.25) is 0 Å². The molecule has 4 saturated carbocycles. The molecular weight excluding hydrogens is 376 g/mol. The number of rotatable bonds is 4. The van der Waals surface area contributed by atoms with Crippen molar-refractivity contribution >= 4 is 11.6 Å². The Morgan fingerprint density at radius 3 is 2.50 bits per heavy atom. The van der Waals surface area contributed by atoms with Crippen molar-refractivity contribution in [2.24, 2.45) is 28.6 Å². The SMILES string of the molecule is COC1(OC[C@]23CCC(=O)C=C2CC[C@@H]2[C@H]3CC[C@]3(C)C(=O)CC[C@@H]23)CCCCC1. The second-order valence-electron chi connectivity index (χ2n) is 11.1. The fourth-order valence-electron chi connectivity index (χ4n) is 8.16. The van der Waals surface area contributed by atoms with Gasteiger partial charge in [-0.3, -0.25) is 9.59 Å². The Balaban J connectivity index is 1.46. The van der Waals surface area contributed by atoms with Crippen LogP contribution in [0.4, 0.5) is 0 Å². The van der Waals surface area contributed by atoms with Gasteiger partial charge in [0, 0.05) is 43.6 Å². The van der Waals surface area contributed by atoms with Gasteiger partial charge in [0.05, 0.1) is 6.61 Å². The molecular formula is C26H38O4. The van der Waals surface area contributed by atoms with Crippen molar-refractivity contribution < 1.29 is 19.1 Å². The highest BCUT2D eigenvalue weighted by Crippen LogP contribution is 2.64. The fraction of sp³-hybridized carbons (Fsp3) is 0.846. The lowest BCUT2D eigenvalue weighted by Crippen LogP contribution is -2.54. The molecule has 0 aliphatic heterocycles. The molecule has 0 aromatic rings. The van der Waals surface area contributed by atoms with E-state index >= 15 is 0 Å². The largest absolute Gasteiger partial charge is 0.353 e. The summed E-state index contributed by atoms with van der Waals surface area (Å²) in [6.45, 7) is 2.92. The molecule has 0 radical (unpaired) electrons. The third-order valence-electron chi connectivity index (χ3n) is 9.98. The maximum atomic E-state index is 12.7. The predicted molar refractivity (Wildman–Crippen MR) is 115 cm³/mol. The van der Waals surface area contributed by atoms with Crippen molar-refractivity contribution in [2.75, 3.05) is 13.7 Å². The molecule has 0 bridgehead atoms. The van der Waals surface area contributed by atoms with E-state index in [4.69, 9.17) is 9.47 Å². The second kappa shape index (κ2) is 7.55. The average molecular weight is 415 g/mol. The minimum Gasteiger partial charge on any atom is -0.353 e. The molecule has 0 spiro atoms. The topological polar surface area (TPSA) is 52.6 Å². The smallest absolute Gasteiger partial charge is 0.167 e. The highest BCUT2D eigenvalue weighted by atomic mass is 16.7. The summed E-state index contributed by atoms with van der Waals surface area (Å²) in [6, 6.07) is 0. The van der Waals surface area contributed by atoms with E-state index in [0.29, 0.717) is 36.6 Å². The summed E-state index contributed by atoms with van der Waals surface area (Å²) in [4.78, 5) is 25.1. The zero-order valence-electron chi connectivity index (χ0n) is 18.8. The van der Waals surface area contributed by atoms with Crippen LogP contribution in [0.5, 0.6) is 0 Å². The highest BCUT2D eigenvalue weighted by molar-refractivity contribution is 5.91. The number of carbonyl (C=O) groups excluding carboxylic acids is 2. The molecule has 0 unspecified atom stereocenters. The van der Waals surface area contributed by atoms with Gasteiger partial charge >= 0.3 is 0 Å². The third kappa shape index (κ3) is 3.08. The summed E-state index contributed by atoms with van der Waals surface area (Å²) in [6.07, 6.45) is 15.1. The molecule has 5 rings (SSSR count). The first-order chi connectivity index (χ1) is 14.4. The minimum absolute atomic E-state index is 0.0349. The van der Waals surface area contributed by atoms with Crippen LogP contribution in [-0.2, 0) is 19.1 Å². The Labute approximate surface area is 181 Å². The molecule has 0 N–H and O–H groups in total. The van der Waals surface area contributed by atoms with Gasteiger partial charge in [-0.2, -0.15) is 0 Å². The van der Waals surface area contributed by atoms with Crippen LogP contribution in [0.1, 0.15) is 90.4 Å². The molecule has 4 fully saturated rings. The Bertz CT molecular complexity index is 748. The van der Waals surface area contributed by atoms with Crippen LogP contribution >= 0.6 is 0 Å². The molecule has 0 aromatic heterocycles. The number of hydrogen-bond acceptors (Lipinski definition) is 4. The number of fused-ring (bicyclic) bond motifs is 5. The van der Waals surface area contributed by atoms with Crippen LogP contribution in [-0.4, -0.2) is 31.1 Å². The van der Waals surface area contributed by atoms with Crippen molar-refractivity contribution in [3.8, 4) is 0 Å². The summed E-state index contributed by atoms with van der Waals surface area (Å²) in [7, 11) is 1.80. The number of hydrogen-bond donors (Lipinski definition) is 0. The van der Waals surface area contributed by atoms with Gasteiger partial charge in [-0.15, -0.1) is 0 Å². The van der Waals surface area contributed by atoms with Gasteiger partial charge in [-0.1, -0.05) is 18.9 Å². The first-order valence-corrected chi connectivity index (χ1v) is 12.4. The molecule has 4 nitrogen and oxygen atoms in total. The second-order valence-corrected chi connectivity index (χ2v) is 11.1. The Morgan fingerprint density at radius 2 is 1.73 bits per heavy atom. The number of carbonyl (C=O) groups is 2. The summed E-state index contributed by atoms with van der Waals surface area (Å²) in [5.41, 5.74) is 1.20. The van der Waals surface area contributed by atoms with Gasteiger partial charge in [-0.05, 0) is 75.2 Å². The molecule has 5 atom stereocenters. The van der Waals surface area contributed by atoms with Crippen molar-refractivity contribution in [1.82, 2.24) is 0 Å². The Hall–Kier alpha value is -1.00. The molecule has 30 heavy (non-hydrogen) atoms. The highest BCUT2D eigenvalue weighted by Gasteiger charge is 2.60. The van der Waals surface area contributed by atoms with Crippen LogP contribution < -0.4 is 0 Å². The van der Waals surface area contributed by atoms with E-state index in [9.17, 15) is 9.59 Å². The molecule has 5 aliphatic rings. The van der Waals surface area contributed by atoms with E-state index in [1.165, 1.54) is 12.0 Å². The molecule has 4 heteroatoms. The molecule has 0 heterocycles. The lowest BCUT2D eigenvalue weighted by Gasteiger charge is -2.58. The maximum absolute atomic E-state index is 12.7. The quantitative estimate of drug-likeness (QED) is 0.579. The zero-order chi connectivity index (χ0) is 21.0. The molecule has 0 amide bonds. The van der Waals surface area contributed by atoms with Crippen molar-refractivity contribution in [1.29, 1.82) is 0 Å². The molecule has 0 aromatic carbocycles. The monoisotopic (exact) mass is 414 g/mol. The fourth-order valence-corrected chi connectivity index (χ4v) is 8.16. The number of methoxy groups -OCH3 is 1. The Kier molecular flexibility index (Phi) is 5.25. The summed E-state index contributed by atoms with van der Waals surface area (Å²) < 4.78 is 12.7. The average Bonchev–Trinajstić information content (AvgIpc) is 3.07. The van der Waals surface area contributed by atoms with E-state index in [1.807, 2.05) is 6.08 Å². The number of ketones is 2. The van der Waals surface area contributed by atoms with Gasteiger partial charge < -0.3 is 9.47 Å². The van der Waals surface area contributed by atoms with E-state index in [1.54, 1.807) is 7.11 Å². The van der Waals surface area contributed by atoms with E-state index in [-0.39, 0.29) is 16.6 Å². The lowest BCUT2D eigenvalue weighted by molar-refractivity contribution is -0.256. The molecule has 0 saturated heterocycles. The van der Waals surface area contributed by atoms with Crippen LogP contribution in [0.15, 0.2) is 11.6 Å². The van der Waals surface area contributed by atoms with Gasteiger partial charge in [0.1, 0.15) is 5.78 Å². The van der Waals surface area contributed by atoms with Gasteiger partial charge in [0.2, 0.25) is 0 Å². The summed E-state index contributed by atoms with van der Waals surface area (Å²) in [5, 5.41) is 0. The zero-order valence-corrected chi connectivity index (χ0v) is 18.8. The first-order valence-electron chi connectivity index (χ1n) is 12.4. The van der Waals surface area contributed by atoms with Gasteiger partial charge in [-0.25, -0.2) is 0 Å². The van der Waals surface area contributed by atoms with Crippen molar-refractivity contribution in [3.05, 3.63) is 11.6 Å². The van der Waals surface area contributed by atoms with Crippen molar-refractivity contribution in [3.63, 3.8) is 0 Å². The maximum Gasteiger partial charge on any atom is 0.167 e. The third-order valence-corrected chi connectivity index (χ3v) is 9.98.